The summed E-state index contributed by atoms with van der Waals surface area (Å²) in [5.41, 5.74) is 2.43. The first-order chi connectivity index (χ1) is 10.00. The van der Waals surface area contributed by atoms with Gasteiger partial charge in [0.25, 0.3) is 0 Å². The number of Topliss-reactive ketones (excluding diaryl/α,β-unsaturated/α-hetero) is 1. The summed E-state index contributed by atoms with van der Waals surface area (Å²) < 4.78 is 1.91. The number of ketones is 1. The first-order valence-electron chi connectivity index (χ1n) is 7.41. The molecular weight excluding hydrogens is 264 g/mol. The molecule has 2 aromatic heterocycles. The van der Waals surface area contributed by atoms with E-state index in [9.17, 15) is 4.79 Å². The number of aromatic nitrogens is 4. The normalized spacial score (nSPS) is 16.8. The van der Waals surface area contributed by atoms with Crippen LogP contribution in [0.3, 0.4) is 0 Å². The molecule has 0 N–H and O–H groups in total. The van der Waals surface area contributed by atoms with Crippen LogP contribution in [-0.4, -0.2) is 25.5 Å². The molecular formula is C16H20N4O. The number of hydrogen-bond acceptors (Lipinski definition) is 4. The number of carbonyl (C=O) groups excluding carboxylic acids is 1. The summed E-state index contributed by atoms with van der Waals surface area (Å²) in [6.07, 6.45) is 5.83. The van der Waals surface area contributed by atoms with Crippen molar-refractivity contribution in [3.8, 4) is 11.5 Å². The highest BCUT2D eigenvalue weighted by Crippen LogP contribution is 2.34. The Bertz CT molecular complexity index is 687. The fraction of sp³-hybridized carbons (Fsp3) is 0.500. The number of aryl methyl sites for hydroxylation is 1. The lowest BCUT2D eigenvalue weighted by atomic mass is 9.76. The first-order valence-corrected chi connectivity index (χ1v) is 7.41. The van der Waals surface area contributed by atoms with Crippen LogP contribution < -0.4 is 0 Å². The van der Waals surface area contributed by atoms with Gasteiger partial charge in [-0.2, -0.15) is 5.10 Å². The van der Waals surface area contributed by atoms with E-state index in [2.05, 4.69) is 35.8 Å². The second-order valence-corrected chi connectivity index (χ2v) is 6.43. The molecule has 1 aliphatic rings. The van der Waals surface area contributed by atoms with E-state index in [0.29, 0.717) is 17.8 Å². The van der Waals surface area contributed by atoms with Gasteiger partial charge in [-0.1, -0.05) is 20.8 Å². The van der Waals surface area contributed by atoms with E-state index in [0.717, 1.165) is 30.8 Å². The molecule has 2 heterocycles. The molecule has 0 fully saturated rings. The van der Waals surface area contributed by atoms with Crippen molar-refractivity contribution in [2.45, 2.75) is 46.6 Å². The molecule has 5 nitrogen and oxygen atoms in total. The Kier molecular flexibility index (Phi) is 3.35. The lowest BCUT2D eigenvalue weighted by Gasteiger charge is -2.29. The van der Waals surface area contributed by atoms with Crippen molar-refractivity contribution < 1.29 is 4.79 Å². The molecule has 21 heavy (non-hydrogen) atoms. The van der Waals surface area contributed by atoms with E-state index in [4.69, 9.17) is 0 Å². The van der Waals surface area contributed by atoms with Crippen LogP contribution in [0.1, 0.15) is 49.7 Å². The average Bonchev–Trinajstić information content (AvgIpc) is 2.85. The molecule has 110 valence electrons. The van der Waals surface area contributed by atoms with Gasteiger partial charge in [-0.15, -0.1) is 0 Å². The number of fused-ring (bicyclic) bond motifs is 1. The largest absolute Gasteiger partial charge is 0.294 e. The van der Waals surface area contributed by atoms with Gasteiger partial charge < -0.3 is 0 Å². The minimum Gasteiger partial charge on any atom is -0.294 e. The zero-order valence-corrected chi connectivity index (χ0v) is 12.8. The van der Waals surface area contributed by atoms with Gasteiger partial charge in [-0.3, -0.25) is 9.48 Å². The summed E-state index contributed by atoms with van der Waals surface area (Å²) in [7, 11) is 0. The van der Waals surface area contributed by atoms with Gasteiger partial charge in [0.2, 0.25) is 0 Å². The Morgan fingerprint density at radius 2 is 2.14 bits per heavy atom. The molecule has 2 aromatic rings. The Balaban J connectivity index is 2.03. The molecule has 0 unspecified atom stereocenters. The van der Waals surface area contributed by atoms with E-state index in [1.165, 1.54) is 0 Å². The zero-order valence-electron chi connectivity index (χ0n) is 12.8. The van der Waals surface area contributed by atoms with Crippen LogP contribution in [-0.2, 0) is 13.0 Å². The van der Waals surface area contributed by atoms with Gasteiger partial charge in [-0.05, 0) is 24.3 Å². The molecule has 0 saturated heterocycles. The Morgan fingerprint density at radius 3 is 2.90 bits per heavy atom. The molecule has 0 aromatic carbocycles. The predicted molar refractivity (Wildman–Crippen MR) is 80.0 cm³/mol. The molecule has 0 amide bonds. The maximum atomic E-state index is 12.2. The third-order valence-corrected chi connectivity index (χ3v) is 3.83. The van der Waals surface area contributed by atoms with Crippen LogP contribution in [0.4, 0.5) is 0 Å². The smallest absolute Gasteiger partial charge is 0.178 e. The maximum Gasteiger partial charge on any atom is 0.178 e. The number of carbonyl (C=O) groups is 1. The van der Waals surface area contributed by atoms with Crippen molar-refractivity contribution >= 4 is 5.78 Å². The molecule has 3 rings (SSSR count). The van der Waals surface area contributed by atoms with Crippen molar-refractivity contribution in [3.05, 3.63) is 29.7 Å². The minimum absolute atomic E-state index is 0.0284. The highest BCUT2D eigenvalue weighted by Gasteiger charge is 2.32. The van der Waals surface area contributed by atoms with Gasteiger partial charge in [0.15, 0.2) is 11.6 Å². The summed E-state index contributed by atoms with van der Waals surface area (Å²) in [6.45, 7) is 7.17. The molecule has 0 atom stereocenters. The first kappa shape index (κ1) is 13.9. The summed E-state index contributed by atoms with van der Waals surface area (Å²) in [4.78, 5) is 21.2. The minimum atomic E-state index is -0.0284. The lowest BCUT2D eigenvalue weighted by molar-refractivity contribution is 0.0910. The molecule has 0 spiro atoms. The second-order valence-electron chi connectivity index (χ2n) is 6.43. The summed E-state index contributed by atoms with van der Waals surface area (Å²) >= 11 is 0. The van der Waals surface area contributed by atoms with Crippen molar-refractivity contribution in [2.75, 3.05) is 0 Å². The number of rotatable bonds is 3. The summed E-state index contributed by atoms with van der Waals surface area (Å²) in [5.74, 6) is 0.806. The van der Waals surface area contributed by atoms with Crippen molar-refractivity contribution in [2.24, 2.45) is 5.41 Å². The quantitative estimate of drug-likeness (QED) is 0.869. The van der Waals surface area contributed by atoms with Gasteiger partial charge in [0, 0.05) is 25.4 Å². The van der Waals surface area contributed by atoms with E-state index in [1.807, 2.05) is 10.7 Å². The lowest BCUT2D eigenvalue weighted by Crippen LogP contribution is -2.28. The fourth-order valence-electron chi connectivity index (χ4n) is 2.87. The molecule has 0 aliphatic heterocycles. The second kappa shape index (κ2) is 5.06. The predicted octanol–water partition coefficient (Wildman–Crippen LogP) is 2.91. The third kappa shape index (κ3) is 2.60. The zero-order chi connectivity index (χ0) is 15.0. The van der Waals surface area contributed by atoms with Crippen LogP contribution in [0.25, 0.3) is 11.5 Å². The summed E-state index contributed by atoms with van der Waals surface area (Å²) in [6, 6.07) is 1.92. The van der Waals surface area contributed by atoms with Crippen LogP contribution in [0, 0.1) is 5.41 Å². The molecule has 5 heteroatoms. The number of nitrogens with zero attached hydrogens (tertiary/aromatic N) is 4. The fourth-order valence-corrected chi connectivity index (χ4v) is 2.87. The Hall–Kier alpha value is -2.04. The number of hydrogen-bond donors (Lipinski definition) is 0. The van der Waals surface area contributed by atoms with E-state index >= 15 is 0 Å². The van der Waals surface area contributed by atoms with Crippen LogP contribution in [0.15, 0.2) is 18.5 Å². The molecule has 1 aliphatic carbocycles. The average molecular weight is 284 g/mol. The monoisotopic (exact) mass is 284 g/mol. The van der Waals surface area contributed by atoms with Gasteiger partial charge in [0.05, 0.1) is 11.3 Å². The standard InChI is InChI=1S/C16H20N4O/c1-4-7-20-13(5-6-18-20)15-17-10-11-12(19-15)8-16(2,3)9-14(11)21/h5-6,10H,4,7-9H2,1-3H3. The highest BCUT2D eigenvalue weighted by molar-refractivity contribution is 5.98. The van der Waals surface area contributed by atoms with Crippen molar-refractivity contribution in [1.82, 2.24) is 19.7 Å². The third-order valence-electron chi connectivity index (χ3n) is 3.83. The van der Waals surface area contributed by atoms with Gasteiger partial charge in [-0.25, -0.2) is 9.97 Å². The van der Waals surface area contributed by atoms with Gasteiger partial charge in [0.1, 0.15) is 5.69 Å². The van der Waals surface area contributed by atoms with Crippen molar-refractivity contribution in [3.63, 3.8) is 0 Å². The van der Waals surface area contributed by atoms with Gasteiger partial charge >= 0.3 is 0 Å². The Labute approximate surface area is 124 Å². The molecule has 0 radical (unpaired) electrons. The topological polar surface area (TPSA) is 60.7 Å². The van der Waals surface area contributed by atoms with Crippen LogP contribution in [0.2, 0.25) is 0 Å². The molecule has 0 bridgehead atoms. The Morgan fingerprint density at radius 1 is 1.33 bits per heavy atom. The van der Waals surface area contributed by atoms with E-state index < -0.39 is 0 Å². The van der Waals surface area contributed by atoms with Crippen LogP contribution in [0.5, 0.6) is 0 Å². The van der Waals surface area contributed by atoms with E-state index in [1.54, 1.807) is 12.4 Å². The van der Waals surface area contributed by atoms with Crippen LogP contribution >= 0.6 is 0 Å². The SMILES string of the molecule is CCCn1nccc1-c1ncc2c(n1)CC(C)(C)CC2=O. The summed E-state index contributed by atoms with van der Waals surface area (Å²) in [5, 5.41) is 4.31. The maximum absolute atomic E-state index is 12.2. The highest BCUT2D eigenvalue weighted by atomic mass is 16.1. The molecule has 0 saturated carbocycles. The van der Waals surface area contributed by atoms with Crippen molar-refractivity contribution in [1.29, 1.82) is 0 Å². The van der Waals surface area contributed by atoms with E-state index in [-0.39, 0.29) is 11.2 Å².